The molecular weight excluding hydrogens is 458 g/mol. The number of carbonyl (C=O) groups is 1. The number of rotatable bonds is 3. The predicted octanol–water partition coefficient (Wildman–Crippen LogP) is 3.78. The SMILES string of the molecule is CC1CCNC(=O)c2ccc(c(N)c2)-c2ccnc(n2)Nc2ccc(OCC3COC3)c(c2)COC1. The molecule has 0 spiro atoms. The first-order valence-electron chi connectivity index (χ1n) is 12.2. The van der Waals surface area contributed by atoms with E-state index in [0.29, 0.717) is 55.2 Å². The normalized spacial score (nSPS) is 18.7. The second-order valence-corrected chi connectivity index (χ2v) is 9.39. The molecule has 3 aromatic rings. The lowest BCUT2D eigenvalue weighted by Gasteiger charge is -2.26. The van der Waals surface area contributed by atoms with E-state index in [-0.39, 0.29) is 11.8 Å². The summed E-state index contributed by atoms with van der Waals surface area (Å²) in [6.07, 6.45) is 2.48. The van der Waals surface area contributed by atoms with Gasteiger partial charge in [-0.3, -0.25) is 4.79 Å². The highest BCUT2D eigenvalue weighted by Crippen LogP contribution is 2.29. The van der Waals surface area contributed by atoms with Crippen molar-refractivity contribution < 1.29 is 19.0 Å². The fourth-order valence-electron chi connectivity index (χ4n) is 4.12. The van der Waals surface area contributed by atoms with E-state index in [2.05, 4.69) is 27.5 Å². The van der Waals surface area contributed by atoms with Crippen LogP contribution in [0.2, 0.25) is 0 Å². The van der Waals surface area contributed by atoms with Gasteiger partial charge in [0.15, 0.2) is 0 Å². The molecule has 3 aliphatic rings. The molecule has 6 rings (SSSR count). The molecule has 9 heteroatoms. The van der Waals surface area contributed by atoms with Crippen molar-refractivity contribution in [3.63, 3.8) is 0 Å². The summed E-state index contributed by atoms with van der Waals surface area (Å²) in [4.78, 5) is 21.6. The third kappa shape index (κ3) is 5.75. The van der Waals surface area contributed by atoms with Crippen molar-refractivity contribution in [1.82, 2.24) is 15.3 Å². The number of fused-ring (bicyclic) bond motifs is 9. The van der Waals surface area contributed by atoms with Crippen LogP contribution in [0.15, 0.2) is 48.7 Å². The number of ether oxygens (including phenoxy) is 3. The van der Waals surface area contributed by atoms with Crippen LogP contribution in [0.1, 0.15) is 29.3 Å². The number of nitrogen functional groups attached to an aromatic ring is 1. The third-order valence-corrected chi connectivity index (χ3v) is 6.33. The third-order valence-electron chi connectivity index (χ3n) is 6.33. The van der Waals surface area contributed by atoms with Gasteiger partial charge in [0.05, 0.1) is 32.1 Å². The van der Waals surface area contributed by atoms with Gasteiger partial charge in [-0.1, -0.05) is 6.92 Å². The lowest BCUT2D eigenvalue weighted by Crippen LogP contribution is -2.32. The number of nitrogens with zero attached hydrogens (tertiary/aromatic N) is 2. The maximum absolute atomic E-state index is 12.6. The summed E-state index contributed by atoms with van der Waals surface area (Å²) in [6, 6.07) is 12.9. The van der Waals surface area contributed by atoms with Gasteiger partial charge >= 0.3 is 0 Å². The molecular formula is C27H31N5O4. The Hall–Kier alpha value is -3.69. The minimum absolute atomic E-state index is 0.154. The summed E-state index contributed by atoms with van der Waals surface area (Å²) >= 11 is 0. The zero-order chi connectivity index (χ0) is 24.9. The molecule has 36 heavy (non-hydrogen) atoms. The monoisotopic (exact) mass is 489 g/mol. The predicted molar refractivity (Wildman–Crippen MR) is 137 cm³/mol. The number of hydrogen-bond acceptors (Lipinski definition) is 8. The van der Waals surface area contributed by atoms with Gasteiger partial charge in [-0.05, 0) is 54.8 Å². The van der Waals surface area contributed by atoms with Crippen LogP contribution in [-0.4, -0.2) is 48.8 Å². The van der Waals surface area contributed by atoms with E-state index in [1.165, 1.54) is 0 Å². The van der Waals surface area contributed by atoms with Crippen molar-refractivity contribution in [3.8, 4) is 17.0 Å². The minimum atomic E-state index is -0.154. The molecule has 6 bridgehead atoms. The Morgan fingerprint density at radius 3 is 2.81 bits per heavy atom. The Bertz CT molecular complexity index is 1230. The standard InChI is InChI=1S/C27H31N5O4/c1-17-6-8-29-26(33)19-2-4-22(23(28)11-19)24-7-9-30-27(32-24)31-21-3-5-25(20(10-21)16-34-12-17)36-15-18-13-35-14-18/h2-5,7,9-11,17-18H,6,8,12-16,28H2,1H3,(H,29,33)(H,30,31,32). The molecule has 2 aromatic carbocycles. The lowest BCUT2D eigenvalue weighted by molar-refractivity contribution is -0.0511. The average molecular weight is 490 g/mol. The maximum atomic E-state index is 12.6. The van der Waals surface area contributed by atoms with Crippen LogP contribution in [0, 0.1) is 11.8 Å². The summed E-state index contributed by atoms with van der Waals surface area (Å²) in [5.41, 5.74) is 10.5. The van der Waals surface area contributed by atoms with Crippen LogP contribution in [0.25, 0.3) is 11.3 Å². The van der Waals surface area contributed by atoms with Crippen LogP contribution < -0.4 is 21.1 Å². The van der Waals surface area contributed by atoms with Crippen molar-refractivity contribution >= 4 is 23.2 Å². The molecule has 1 atom stereocenters. The van der Waals surface area contributed by atoms with Crippen molar-refractivity contribution in [2.24, 2.45) is 11.8 Å². The molecule has 1 aromatic heterocycles. The number of nitrogens with two attached hydrogens (primary N) is 1. The fraction of sp³-hybridized carbons (Fsp3) is 0.370. The van der Waals surface area contributed by atoms with Crippen LogP contribution in [0.5, 0.6) is 5.75 Å². The van der Waals surface area contributed by atoms with Gasteiger partial charge in [0.1, 0.15) is 5.75 Å². The van der Waals surface area contributed by atoms with Crippen molar-refractivity contribution in [2.75, 3.05) is 44.0 Å². The number of hydrogen-bond donors (Lipinski definition) is 3. The Morgan fingerprint density at radius 2 is 2.00 bits per heavy atom. The highest BCUT2D eigenvalue weighted by molar-refractivity contribution is 5.96. The van der Waals surface area contributed by atoms with E-state index in [4.69, 9.17) is 19.9 Å². The summed E-state index contributed by atoms with van der Waals surface area (Å²) in [6.45, 7) is 5.72. The zero-order valence-corrected chi connectivity index (χ0v) is 20.3. The second kappa shape index (κ2) is 10.9. The maximum Gasteiger partial charge on any atom is 0.251 e. The van der Waals surface area contributed by atoms with Crippen molar-refractivity contribution in [3.05, 3.63) is 59.8 Å². The molecule has 188 valence electrons. The van der Waals surface area contributed by atoms with Crippen LogP contribution in [0.3, 0.4) is 0 Å². The number of benzene rings is 2. The first kappa shape index (κ1) is 24.0. The number of nitrogens with one attached hydrogen (secondary N) is 2. The molecule has 1 amide bonds. The first-order valence-corrected chi connectivity index (χ1v) is 12.2. The van der Waals surface area contributed by atoms with E-state index >= 15 is 0 Å². The molecule has 1 fully saturated rings. The van der Waals surface area contributed by atoms with E-state index in [1.54, 1.807) is 24.4 Å². The number of aromatic nitrogens is 2. The number of amides is 1. The Labute approximate surface area is 210 Å². The number of anilines is 3. The molecule has 0 saturated carbocycles. The minimum Gasteiger partial charge on any atom is -0.493 e. The highest BCUT2D eigenvalue weighted by Gasteiger charge is 2.20. The van der Waals surface area contributed by atoms with E-state index in [1.807, 2.05) is 24.3 Å². The molecule has 3 aliphatic heterocycles. The van der Waals surface area contributed by atoms with E-state index in [0.717, 1.165) is 42.2 Å². The molecule has 4 N–H and O–H groups in total. The zero-order valence-electron chi connectivity index (χ0n) is 20.3. The average Bonchev–Trinajstić information content (AvgIpc) is 2.84. The smallest absolute Gasteiger partial charge is 0.251 e. The van der Waals surface area contributed by atoms with Crippen molar-refractivity contribution in [2.45, 2.75) is 20.0 Å². The summed E-state index contributed by atoms with van der Waals surface area (Å²) in [5.74, 6) is 1.77. The Morgan fingerprint density at radius 1 is 1.11 bits per heavy atom. The lowest BCUT2D eigenvalue weighted by atomic mass is 10.1. The van der Waals surface area contributed by atoms with Gasteiger partial charge in [-0.2, -0.15) is 0 Å². The van der Waals surface area contributed by atoms with Gasteiger partial charge in [-0.15, -0.1) is 0 Å². The molecule has 1 saturated heterocycles. The Balaban J connectivity index is 1.44. The summed E-state index contributed by atoms with van der Waals surface area (Å²) in [7, 11) is 0. The number of carbonyl (C=O) groups excluding carboxylic acids is 1. The molecule has 1 unspecified atom stereocenters. The molecule has 0 radical (unpaired) electrons. The second-order valence-electron chi connectivity index (χ2n) is 9.39. The first-order chi connectivity index (χ1) is 17.5. The van der Waals surface area contributed by atoms with Crippen LogP contribution >= 0.6 is 0 Å². The summed E-state index contributed by atoms with van der Waals surface area (Å²) < 4.78 is 17.4. The van der Waals surface area contributed by atoms with Gasteiger partial charge < -0.3 is 30.6 Å². The molecule has 0 aliphatic carbocycles. The van der Waals surface area contributed by atoms with Crippen molar-refractivity contribution in [1.29, 1.82) is 0 Å². The van der Waals surface area contributed by atoms with Crippen LogP contribution in [0.4, 0.5) is 17.3 Å². The summed E-state index contributed by atoms with van der Waals surface area (Å²) in [5, 5.41) is 6.25. The molecule has 9 nitrogen and oxygen atoms in total. The van der Waals surface area contributed by atoms with Crippen LogP contribution in [-0.2, 0) is 16.1 Å². The fourth-order valence-corrected chi connectivity index (χ4v) is 4.12. The van der Waals surface area contributed by atoms with Gasteiger partial charge in [-0.25, -0.2) is 9.97 Å². The van der Waals surface area contributed by atoms with Gasteiger partial charge in [0.2, 0.25) is 5.95 Å². The Kier molecular flexibility index (Phi) is 7.29. The largest absolute Gasteiger partial charge is 0.493 e. The van der Waals surface area contributed by atoms with Gasteiger partial charge in [0.25, 0.3) is 5.91 Å². The van der Waals surface area contributed by atoms with E-state index in [9.17, 15) is 4.79 Å². The molecule has 4 heterocycles. The van der Waals surface area contributed by atoms with E-state index < -0.39 is 0 Å². The van der Waals surface area contributed by atoms with Gasteiger partial charge in [0, 0.05) is 53.3 Å². The quantitative estimate of drug-likeness (QED) is 0.476. The topological polar surface area (TPSA) is 121 Å². The highest BCUT2D eigenvalue weighted by atomic mass is 16.5.